The molecule has 4 nitrogen and oxygen atoms in total. The highest BCUT2D eigenvalue weighted by molar-refractivity contribution is 7.92. The van der Waals surface area contributed by atoms with Crippen molar-refractivity contribution in [3.05, 3.63) is 77.9 Å². The molecule has 1 amide bonds. The fourth-order valence-corrected chi connectivity index (χ4v) is 5.71. The van der Waals surface area contributed by atoms with Gasteiger partial charge in [-0.1, -0.05) is 61.5 Å². The molecule has 0 aromatic heterocycles. The van der Waals surface area contributed by atoms with Gasteiger partial charge < -0.3 is 4.90 Å². The van der Waals surface area contributed by atoms with Crippen LogP contribution in [-0.2, 0) is 21.2 Å². The summed E-state index contributed by atoms with van der Waals surface area (Å²) in [6.45, 7) is 8.53. The van der Waals surface area contributed by atoms with Gasteiger partial charge in [0.15, 0.2) is 9.84 Å². The van der Waals surface area contributed by atoms with Crippen molar-refractivity contribution in [1.82, 2.24) is 4.90 Å². The van der Waals surface area contributed by atoms with E-state index in [0.717, 1.165) is 11.1 Å². The SMILES string of the molecule is C=C1CN(Cc2ccccc2)C(=O)C[C@@H](C)[C@@H]1S(=O)(=O)c1ccc(C)cc1. The van der Waals surface area contributed by atoms with E-state index in [1.807, 2.05) is 44.2 Å². The first kappa shape index (κ1) is 19.4. The number of carbonyl (C=O) groups is 1. The van der Waals surface area contributed by atoms with Crippen molar-refractivity contribution in [2.24, 2.45) is 5.92 Å². The van der Waals surface area contributed by atoms with Gasteiger partial charge in [-0.25, -0.2) is 8.42 Å². The molecular weight excluding hydrogens is 358 g/mol. The highest BCUT2D eigenvalue weighted by Crippen LogP contribution is 2.32. The maximum absolute atomic E-state index is 13.3. The fourth-order valence-electron chi connectivity index (χ4n) is 3.68. The van der Waals surface area contributed by atoms with Crippen molar-refractivity contribution in [1.29, 1.82) is 0 Å². The average molecular weight is 384 g/mol. The predicted octanol–water partition coefficient (Wildman–Crippen LogP) is 3.76. The Hall–Kier alpha value is -2.40. The number of hydrogen-bond donors (Lipinski definition) is 0. The van der Waals surface area contributed by atoms with Crippen LogP contribution in [0.3, 0.4) is 0 Å². The number of benzene rings is 2. The fraction of sp³-hybridized carbons (Fsp3) is 0.318. The lowest BCUT2D eigenvalue weighted by Gasteiger charge is -2.24. The van der Waals surface area contributed by atoms with E-state index in [1.54, 1.807) is 29.2 Å². The normalized spacial score (nSPS) is 21.2. The van der Waals surface area contributed by atoms with Crippen molar-refractivity contribution in [2.75, 3.05) is 6.54 Å². The summed E-state index contributed by atoms with van der Waals surface area (Å²) < 4.78 is 26.5. The molecule has 2 aromatic carbocycles. The van der Waals surface area contributed by atoms with Crippen molar-refractivity contribution < 1.29 is 13.2 Å². The Morgan fingerprint density at radius 2 is 1.70 bits per heavy atom. The maximum atomic E-state index is 13.3. The maximum Gasteiger partial charge on any atom is 0.223 e. The van der Waals surface area contributed by atoms with E-state index in [9.17, 15) is 13.2 Å². The van der Waals surface area contributed by atoms with Gasteiger partial charge in [-0.3, -0.25) is 4.79 Å². The van der Waals surface area contributed by atoms with Crippen LogP contribution in [0.25, 0.3) is 0 Å². The minimum Gasteiger partial charge on any atom is -0.334 e. The molecule has 1 aliphatic rings. The van der Waals surface area contributed by atoms with E-state index < -0.39 is 15.1 Å². The summed E-state index contributed by atoms with van der Waals surface area (Å²) in [5.41, 5.74) is 2.60. The number of aryl methyl sites for hydroxylation is 1. The minimum atomic E-state index is -3.60. The number of sulfone groups is 1. The van der Waals surface area contributed by atoms with Crippen molar-refractivity contribution >= 4 is 15.7 Å². The third-order valence-electron chi connectivity index (χ3n) is 5.06. The number of likely N-dealkylation sites (tertiary alicyclic amines) is 1. The predicted molar refractivity (Wildman–Crippen MR) is 107 cm³/mol. The molecule has 0 aliphatic carbocycles. The van der Waals surface area contributed by atoms with Gasteiger partial charge in [-0.05, 0) is 36.1 Å². The zero-order chi connectivity index (χ0) is 19.6. The van der Waals surface area contributed by atoms with Crippen LogP contribution in [0.5, 0.6) is 0 Å². The molecule has 3 rings (SSSR count). The number of carbonyl (C=O) groups excluding carboxylic acids is 1. The standard InChI is InChI=1S/C22H25NO3S/c1-16-9-11-20(12-10-16)27(25,26)22-17(2)13-21(24)23(14-18(22)3)15-19-7-5-4-6-8-19/h4-12,17,22H,3,13-15H2,1-2H3/t17-,22+/m1/s1. The number of rotatable bonds is 4. The topological polar surface area (TPSA) is 54.5 Å². The summed E-state index contributed by atoms with van der Waals surface area (Å²) >= 11 is 0. The number of amides is 1. The summed E-state index contributed by atoms with van der Waals surface area (Å²) in [7, 11) is -3.60. The van der Waals surface area contributed by atoms with Crippen LogP contribution in [0.2, 0.25) is 0 Å². The van der Waals surface area contributed by atoms with Gasteiger partial charge in [0.2, 0.25) is 5.91 Å². The molecule has 1 aliphatic heterocycles. The van der Waals surface area contributed by atoms with Crippen LogP contribution in [0.1, 0.15) is 24.5 Å². The second-order valence-corrected chi connectivity index (χ2v) is 9.42. The molecule has 5 heteroatoms. The van der Waals surface area contributed by atoms with Crippen LogP contribution in [-0.4, -0.2) is 31.0 Å². The van der Waals surface area contributed by atoms with E-state index in [4.69, 9.17) is 0 Å². The van der Waals surface area contributed by atoms with Crippen LogP contribution in [0.15, 0.2) is 71.6 Å². The van der Waals surface area contributed by atoms with Gasteiger partial charge in [0, 0.05) is 19.5 Å². The van der Waals surface area contributed by atoms with E-state index in [-0.39, 0.29) is 29.7 Å². The van der Waals surface area contributed by atoms with Gasteiger partial charge in [-0.15, -0.1) is 0 Å². The molecule has 0 N–H and O–H groups in total. The molecule has 0 spiro atoms. The quantitative estimate of drug-likeness (QED) is 0.756. The van der Waals surface area contributed by atoms with Gasteiger partial charge in [0.1, 0.15) is 0 Å². The van der Waals surface area contributed by atoms with Gasteiger partial charge in [-0.2, -0.15) is 0 Å². The van der Waals surface area contributed by atoms with E-state index in [1.165, 1.54) is 0 Å². The molecule has 0 bridgehead atoms. The second-order valence-electron chi connectivity index (χ2n) is 7.35. The summed E-state index contributed by atoms with van der Waals surface area (Å²) in [5, 5.41) is -0.759. The summed E-state index contributed by atoms with van der Waals surface area (Å²) in [6.07, 6.45) is 0.196. The number of nitrogens with zero attached hydrogens (tertiary/aromatic N) is 1. The summed E-state index contributed by atoms with van der Waals surface area (Å²) in [5.74, 6) is -0.355. The molecule has 27 heavy (non-hydrogen) atoms. The van der Waals surface area contributed by atoms with E-state index in [2.05, 4.69) is 6.58 Å². The minimum absolute atomic E-state index is 0.0332. The number of hydrogen-bond acceptors (Lipinski definition) is 3. The smallest absolute Gasteiger partial charge is 0.223 e. The molecule has 0 saturated carbocycles. The molecule has 142 valence electrons. The molecule has 2 aromatic rings. The lowest BCUT2D eigenvalue weighted by atomic mass is 10.00. The Morgan fingerprint density at radius 3 is 2.33 bits per heavy atom. The molecule has 1 heterocycles. The lowest BCUT2D eigenvalue weighted by molar-refractivity contribution is -0.131. The highest BCUT2D eigenvalue weighted by atomic mass is 32.2. The van der Waals surface area contributed by atoms with Gasteiger partial charge >= 0.3 is 0 Å². The lowest BCUT2D eigenvalue weighted by Crippen LogP contribution is -2.32. The van der Waals surface area contributed by atoms with Crippen molar-refractivity contribution in [3.63, 3.8) is 0 Å². The zero-order valence-corrected chi connectivity index (χ0v) is 16.6. The first-order valence-corrected chi connectivity index (χ1v) is 10.6. The molecular formula is C22H25NO3S. The Labute approximate surface area is 161 Å². The molecule has 2 atom stereocenters. The summed E-state index contributed by atoms with van der Waals surface area (Å²) in [6, 6.07) is 16.6. The first-order valence-electron chi connectivity index (χ1n) is 9.09. The molecule has 1 fully saturated rings. The molecule has 1 saturated heterocycles. The summed E-state index contributed by atoms with van der Waals surface area (Å²) in [4.78, 5) is 14.7. The van der Waals surface area contributed by atoms with Crippen LogP contribution in [0, 0.1) is 12.8 Å². The third kappa shape index (κ3) is 4.14. The Balaban J connectivity index is 1.88. The van der Waals surface area contributed by atoms with E-state index >= 15 is 0 Å². The van der Waals surface area contributed by atoms with Crippen LogP contribution < -0.4 is 0 Å². The Kier molecular flexibility index (Phi) is 5.51. The van der Waals surface area contributed by atoms with Crippen molar-refractivity contribution in [2.45, 2.75) is 37.0 Å². The van der Waals surface area contributed by atoms with Crippen LogP contribution >= 0.6 is 0 Å². The van der Waals surface area contributed by atoms with E-state index in [0.29, 0.717) is 12.1 Å². The van der Waals surface area contributed by atoms with Crippen LogP contribution in [0.4, 0.5) is 0 Å². The Morgan fingerprint density at radius 1 is 1.07 bits per heavy atom. The van der Waals surface area contributed by atoms with Gasteiger partial charge in [0.05, 0.1) is 10.1 Å². The van der Waals surface area contributed by atoms with Crippen molar-refractivity contribution in [3.8, 4) is 0 Å². The first-order chi connectivity index (χ1) is 12.8. The molecule has 0 unspecified atom stereocenters. The zero-order valence-electron chi connectivity index (χ0n) is 15.8. The van der Waals surface area contributed by atoms with Gasteiger partial charge in [0.25, 0.3) is 0 Å². The largest absolute Gasteiger partial charge is 0.334 e. The third-order valence-corrected chi connectivity index (χ3v) is 7.46. The highest BCUT2D eigenvalue weighted by Gasteiger charge is 2.39. The Bertz CT molecular complexity index is 933. The monoisotopic (exact) mass is 383 g/mol. The second kappa shape index (κ2) is 7.69. The average Bonchev–Trinajstić information content (AvgIpc) is 2.72. The molecule has 0 radical (unpaired) electrons.